The summed E-state index contributed by atoms with van der Waals surface area (Å²) in [5, 5.41) is 6.72. The van der Waals surface area contributed by atoms with Crippen LogP contribution in [0.1, 0.15) is 39.2 Å². The fourth-order valence-electron chi connectivity index (χ4n) is 3.50. The number of ether oxygens (including phenoxy) is 2. The smallest absolute Gasteiger partial charge is 0.222 e. The number of halogens is 1. The molecule has 0 radical (unpaired) electrons. The van der Waals surface area contributed by atoms with Crippen molar-refractivity contribution in [3.8, 4) is 17.4 Å². The first kappa shape index (κ1) is 26.7. The van der Waals surface area contributed by atoms with Gasteiger partial charge in [0.25, 0.3) is 0 Å². The number of hydrogen-bond acceptors (Lipinski definition) is 5. The second-order valence-corrected chi connectivity index (χ2v) is 7.50. The van der Waals surface area contributed by atoms with Crippen molar-refractivity contribution in [1.29, 1.82) is 0 Å². The molecular weight excluding hydrogens is 533 g/mol. The zero-order chi connectivity index (χ0) is 22.8. The number of carbonyl (C=O) groups excluding carboxylic acids is 1. The van der Waals surface area contributed by atoms with E-state index in [2.05, 4.69) is 20.6 Å². The van der Waals surface area contributed by atoms with Crippen LogP contribution in [0.25, 0.3) is 0 Å². The quantitative estimate of drug-likeness (QED) is 0.271. The molecule has 1 atom stereocenters. The van der Waals surface area contributed by atoms with Gasteiger partial charge >= 0.3 is 0 Å². The van der Waals surface area contributed by atoms with Gasteiger partial charge in [0.1, 0.15) is 0 Å². The molecular formula is C24H34IN5O3. The zero-order valence-corrected chi connectivity index (χ0v) is 21.9. The lowest BCUT2D eigenvalue weighted by molar-refractivity contribution is -0.129. The Hall–Kier alpha value is -2.56. The summed E-state index contributed by atoms with van der Waals surface area (Å²) in [5.74, 6) is 2.78. The molecule has 9 heteroatoms. The predicted molar refractivity (Wildman–Crippen MR) is 141 cm³/mol. The van der Waals surface area contributed by atoms with Gasteiger partial charge in [-0.15, -0.1) is 24.0 Å². The molecule has 1 unspecified atom stereocenters. The Bertz CT molecular complexity index is 907. The van der Waals surface area contributed by atoms with Gasteiger partial charge < -0.3 is 25.0 Å². The van der Waals surface area contributed by atoms with Crippen LogP contribution in [-0.2, 0) is 11.3 Å². The second kappa shape index (κ2) is 13.9. The minimum atomic E-state index is 0. The Morgan fingerprint density at radius 3 is 2.64 bits per heavy atom. The molecule has 33 heavy (non-hydrogen) atoms. The molecule has 3 rings (SSSR count). The summed E-state index contributed by atoms with van der Waals surface area (Å²) in [6, 6.07) is 11.5. The lowest BCUT2D eigenvalue weighted by atomic mass is 10.2. The van der Waals surface area contributed by atoms with E-state index in [0.29, 0.717) is 43.5 Å². The second-order valence-electron chi connectivity index (χ2n) is 7.50. The first-order chi connectivity index (χ1) is 15.6. The van der Waals surface area contributed by atoms with E-state index in [1.165, 1.54) is 0 Å². The van der Waals surface area contributed by atoms with Crippen LogP contribution in [0.5, 0.6) is 17.4 Å². The van der Waals surface area contributed by atoms with Crippen molar-refractivity contribution < 1.29 is 14.3 Å². The van der Waals surface area contributed by atoms with Crippen LogP contribution in [0.3, 0.4) is 0 Å². The van der Waals surface area contributed by atoms with Gasteiger partial charge in [-0.2, -0.15) is 0 Å². The molecule has 1 aliphatic rings. The number of rotatable bonds is 9. The van der Waals surface area contributed by atoms with Crippen LogP contribution in [-0.4, -0.2) is 54.0 Å². The van der Waals surface area contributed by atoms with Crippen molar-refractivity contribution in [1.82, 2.24) is 20.5 Å². The third kappa shape index (κ3) is 8.06. The molecule has 1 amide bonds. The Balaban J connectivity index is 0.00000385. The van der Waals surface area contributed by atoms with Crippen LogP contribution in [0.4, 0.5) is 0 Å². The van der Waals surface area contributed by atoms with E-state index in [9.17, 15) is 4.79 Å². The highest BCUT2D eigenvalue weighted by molar-refractivity contribution is 14.0. The van der Waals surface area contributed by atoms with E-state index in [1.807, 2.05) is 62.1 Å². The number of likely N-dealkylation sites (tertiary alicyclic amines) is 1. The Labute approximate surface area is 213 Å². The summed E-state index contributed by atoms with van der Waals surface area (Å²) in [5.41, 5.74) is 0.974. The molecule has 1 fully saturated rings. The summed E-state index contributed by atoms with van der Waals surface area (Å²) >= 11 is 0. The van der Waals surface area contributed by atoms with Crippen molar-refractivity contribution in [3.63, 3.8) is 0 Å². The standard InChI is InChI=1S/C24H33N5O3.HI/c1-4-23(30)29-14-13-19(17-29)28-24(25-5-2)27-16-18-11-12-22(26-15-18)32-21-10-8-7-9-20(21)31-6-3;/h7-12,15,19H,4-6,13-14,16-17H2,1-3H3,(H2,25,27,28);1H. The molecule has 1 aromatic heterocycles. The topological polar surface area (TPSA) is 88.1 Å². The van der Waals surface area contributed by atoms with Crippen LogP contribution < -0.4 is 20.1 Å². The van der Waals surface area contributed by atoms with E-state index in [0.717, 1.165) is 31.0 Å². The van der Waals surface area contributed by atoms with Gasteiger partial charge in [-0.25, -0.2) is 9.98 Å². The van der Waals surface area contributed by atoms with Gasteiger partial charge in [0.2, 0.25) is 11.8 Å². The Morgan fingerprint density at radius 2 is 1.97 bits per heavy atom. The van der Waals surface area contributed by atoms with Crippen molar-refractivity contribution in [2.45, 2.75) is 46.2 Å². The molecule has 0 bridgehead atoms. The fourth-order valence-corrected chi connectivity index (χ4v) is 3.50. The molecule has 2 heterocycles. The van der Waals surface area contributed by atoms with Crippen LogP contribution in [0.2, 0.25) is 0 Å². The highest BCUT2D eigenvalue weighted by Gasteiger charge is 2.25. The molecule has 1 aliphatic heterocycles. The summed E-state index contributed by atoms with van der Waals surface area (Å²) in [6.45, 7) is 9.20. The first-order valence-electron chi connectivity index (χ1n) is 11.3. The third-order valence-corrected chi connectivity index (χ3v) is 5.11. The van der Waals surface area contributed by atoms with E-state index in [-0.39, 0.29) is 35.9 Å². The SMILES string of the molecule is CCNC(=NCc1ccc(Oc2ccccc2OCC)nc1)NC1CCN(C(=O)CC)C1.I. The Morgan fingerprint density at radius 1 is 1.18 bits per heavy atom. The lowest BCUT2D eigenvalue weighted by Gasteiger charge is -2.18. The third-order valence-electron chi connectivity index (χ3n) is 5.11. The number of nitrogens with zero attached hydrogens (tertiary/aromatic N) is 3. The largest absolute Gasteiger partial charge is 0.490 e. The number of pyridine rings is 1. The molecule has 180 valence electrons. The molecule has 1 saturated heterocycles. The highest BCUT2D eigenvalue weighted by atomic mass is 127. The molecule has 0 saturated carbocycles. The highest BCUT2D eigenvalue weighted by Crippen LogP contribution is 2.30. The van der Waals surface area contributed by atoms with Crippen molar-refractivity contribution >= 4 is 35.8 Å². The van der Waals surface area contributed by atoms with Gasteiger partial charge in [0, 0.05) is 44.4 Å². The van der Waals surface area contributed by atoms with Crippen molar-refractivity contribution in [2.75, 3.05) is 26.2 Å². The summed E-state index contributed by atoms with van der Waals surface area (Å²) < 4.78 is 11.5. The molecule has 8 nitrogen and oxygen atoms in total. The zero-order valence-electron chi connectivity index (χ0n) is 19.5. The van der Waals surface area contributed by atoms with Crippen LogP contribution in [0, 0.1) is 0 Å². The van der Waals surface area contributed by atoms with Gasteiger partial charge in [-0.05, 0) is 38.0 Å². The predicted octanol–water partition coefficient (Wildman–Crippen LogP) is 3.96. The summed E-state index contributed by atoms with van der Waals surface area (Å²) in [7, 11) is 0. The molecule has 0 spiro atoms. The van der Waals surface area contributed by atoms with E-state index in [4.69, 9.17) is 9.47 Å². The maximum absolute atomic E-state index is 11.9. The number of amides is 1. The minimum absolute atomic E-state index is 0. The molecule has 2 aromatic rings. The van der Waals surface area contributed by atoms with E-state index < -0.39 is 0 Å². The first-order valence-corrected chi connectivity index (χ1v) is 11.3. The summed E-state index contributed by atoms with van der Waals surface area (Å²) in [4.78, 5) is 22.9. The van der Waals surface area contributed by atoms with Gasteiger partial charge in [0.15, 0.2) is 17.5 Å². The van der Waals surface area contributed by atoms with E-state index in [1.54, 1.807) is 6.20 Å². The molecule has 1 aromatic carbocycles. The summed E-state index contributed by atoms with van der Waals surface area (Å²) in [6.07, 6.45) is 3.24. The molecule has 0 aliphatic carbocycles. The number of aromatic nitrogens is 1. The van der Waals surface area contributed by atoms with Crippen molar-refractivity contribution in [2.24, 2.45) is 4.99 Å². The normalized spacial score (nSPS) is 15.5. The maximum Gasteiger partial charge on any atom is 0.222 e. The monoisotopic (exact) mass is 567 g/mol. The average molecular weight is 567 g/mol. The fraction of sp³-hybridized carbons (Fsp3) is 0.458. The number of para-hydroxylation sites is 2. The maximum atomic E-state index is 11.9. The van der Waals surface area contributed by atoms with Gasteiger partial charge in [-0.1, -0.05) is 25.1 Å². The van der Waals surface area contributed by atoms with Gasteiger partial charge in [0.05, 0.1) is 13.2 Å². The number of nitrogens with one attached hydrogen (secondary N) is 2. The lowest BCUT2D eigenvalue weighted by Crippen LogP contribution is -2.45. The number of benzene rings is 1. The number of aliphatic imine (C=N–C) groups is 1. The minimum Gasteiger partial charge on any atom is -0.490 e. The Kier molecular flexibility index (Phi) is 11.2. The van der Waals surface area contributed by atoms with Crippen LogP contribution >= 0.6 is 24.0 Å². The van der Waals surface area contributed by atoms with Crippen LogP contribution in [0.15, 0.2) is 47.6 Å². The number of hydrogen-bond donors (Lipinski definition) is 2. The van der Waals surface area contributed by atoms with E-state index >= 15 is 0 Å². The number of carbonyl (C=O) groups is 1. The molecule has 2 N–H and O–H groups in total. The average Bonchev–Trinajstić information content (AvgIpc) is 3.28. The van der Waals surface area contributed by atoms with Gasteiger partial charge in [-0.3, -0.25) is 4.79 Å². The number of guanidine groups is 1. The van der Waals surface area contributed by atoms with Crippen molar-refractivity contribution in [3.05, 3.63) is 48.2 Å².